The molecule has 1 radical (unpaired) electrons. The molecule has 15 heavy (non-hydrogen) atoms. The maximum Gasteiger partial charge on any atom is 0.269 e. The van der Waals surface area contributed by atoms with Crippen molar-refractivity contribution < 1.29 is 15.1 Å². The number of aliphatic hydroxyl groups is 2. The number of benzene rings is 1. The molecule has 0 fully saturated rings. The molecule has 0 aliphatic rings. The number of hydrogen-bond acceptors (Lipinski definition) is 5. The van der Waals surface area contributed by atoms with Crippen molar-refractivity contribution in [1.29, 1.82) is 0 Å². The van der Waals surface area contributed by atoms with Crippen LogP contribution in [-0.2, 0) is 0 Å². The molecular formula is C9H11N2O4. The number of nitro benzene ring substituents is 1. The summed E-state index contributed by atoms with van der Waals surface area (Å²) in [5.74, 6) is -2.00. The summed E-state index contributed by atoms with van der Waals surface area (Å²) in [7, 11) is 0. The number of nitro groups is 1. The first-order valence-electron chi connectivity index (χ1n) is 4.18. The van der Waals surface area contributed by atoms with E-state index in [1.165, 1.54) is 30.8 Å². The summed E-state index contributed by atoms with van der Waals surface area (Å²) in [4.78, 5) is 9.83. The van der Waals surface area contributed by atoms with Gasteiger partial charge < -0.3 is 10.2 Å². The van der Waals surface area contributed by atoms with Gasteiger partial charge in [0.25, 0.3) is 5.69 Å². The minimum absolute atomic E-state index is 0.0112. The first-order chi connectivity index (χ1) is 6.88. The third kappa shape index (κ3) is 4.03. The van der Waals surface area contributed by atoms with E-state index in [1.54, 1.807) is 0 Å². The molecule has 0 saturated carbocycles. The summed E-state index contributed by atoms with van der Waals surface area (Å²) in [5, 5.41) is 30.5. The molecule has 3 N–H and O–H groups in total. The Morgan fingerprint density at radius 3 is 2.33 bits per heavy atom. The molecule has 0 aliphatic carbocycles. The van der Waals surface area contributed by atoms with Gasteiger partial charge in [-0.1, -0.05) is 12.1 Å². The van der Waals surface area contributed by atoms with Crippen LogP contribution in [0.5, 0.6) is 0 Å². The summed E-state index contributed by atoms with van der Waals surface area (Å²) in [6, 6.07) is 5.66. The van der Waals surface area contributed by atoms with E-state index in [0.29, 0.717) is 5.56 Å². The van der Waals surface area contributed by atoms with Gasteiger partial charge >= 0.3 is 0 Å². The van der Waals surface area contributed by atoms with Crippen LogP contribution in [0, 0.1) is 16.7 Å². The Balaban J connectivity index is 2.61. The monoisotopic (exact) mass is 211 g/mol. The highest BCUT2D eigenvalue weighted by atomic mass is 16.6. The van der Waals surface area contributed by atoms with Crippen LogP contribution in [0.3, 0.4) is 0 Å². The summed E-state index contributed by atoms with van der Waals surface area (Å²) in [5.41, 5.74) is 0.595. The lowest BCUT2D eigenvalue weighted by molar-refractivity contribution is -0.384. The van der Waals surface area contributed by atoms with Gasteiger partial charge in [0.05, 0.1) is 11.5 Å². The van der Waals surface area contributed by atoms with Gasteiger partial charge in [-0.3, -0.25) is 15.4 Å². The predicted molar refractivity (Wildman–Crippen MR) is 52.5 cm³/mol. The zero-order chi connectivity index (χ0) is 11.5. The summed E-state index contributed by atoms with van der Waals surface area (Å²) < 4.78 is 0. The van der Waals surface area contributed by atoms with Gasteiger partial charge in [0.2, 0.25) is 5.91 Å². The van der Waals surface area contributed by atoms with Crippen molar-refractivity contribution in [2.75, 3.05) is 0 Å². The highest BCUT2D eigenvalue weighted by Gasteiger charge is 2.13. The van der Waals surface area contributed by atoms with E-state index in [0.717, 1.165) is 6.92 Å². The Kier molecular flexibility index (Phi) is 3.35. The first kappa shape index (κ1) is 11.6. The van der Waals surface area contributed by atoms with Crippen molar-refractivity contribution in [3.05, 3.63) is 46.5 Å². The molecule has 0 aromatic heterocycles. The van der Waals surface area contributed by atoms with Crippen LogP contribution in [0.25, 0.3) is 0 Å². The number of nitrogens with one attached hydrogen (secondary N) is 1. The topological polar surface area (TPSA) is 95.6 Å². The fraction of sp³-hybridized carbons (Fsp3) is 0.222. The third-order valence-electron chi connectivity index (χ3n) is 1.62. The quantitative estimate of drug-likeness (QED) is 0.379. The van der Waals surface area contributed by atoms with Crippen LogP contribution >= 0.6 is 0 Å². The maximum atomic E-state index is 10.3. The van der Waals surface area contributed by atoms with Crippen molar-refractivity contribution in [2.45, 2.75) is 12.8 Å². The van der Waals surface area contributed by atoms with E-state index in [9.17, 15) is 10.1 Å². The normalized spacial score (nSPS) is 11.4. The zero-order valence-corrected chi connectivity index (χ0v) is 8.04. The van der Waals surface area contributed by atoms with Crippen LogP contribution in [0.1, 0.15) is 12.5 Å². The van der Waals surface area contributed by atoms with Gasteiger partial charge in [0.1, 0.15) is 0 Å². The molecule has 81 valence electrons. The Morgan fingerprint density at radius 1 is 1.40 bits per heavy atom. The number of rotatable bonds is 4. The Bertz CT molecular complexity index is 342. The fourth-order valence-corrected chi connectivity index (χ4v) is 0.912. The van der Waals surface area contributed by atoms with Crippen molar-refractivity contribution in [2.24, 2.45) is 0 Å². The second-order valence-corrected chi connectivity index (χ2v) is 3.16. The van der Waals surface area contributed by atoms with Gasteiger partial charge in [0.15, 0.2) is 0 Å². The van der Waals surface area contributed by atoms with E-state index < -0.39 is 10.8 Å². The van der Waals surface area contributed by atoms with Crippen LogP contribution in [0.15, 0.2) is 24.3 Å². The Hall–Kier alpha value is -1.50. The van der Waals surface area contributed by atoms with Crippen LogP contribution < -0.4 is 5.32 Å². The second kappa shape index (κ2) is 4.35. The van der Waals surface area contributed by atoms with Gasteiger partial charge in [0, 0.05) is 19.1 Å². The molecule has 0 atom stereocenters. The van der Waals surface area contributed by atoms with Crippen molar-refractivity contribution >= 4 is 5.69 Å². The molecule has 0 aliphatic heterocycles. The van der Waals surface area contributed by atoms with E-state index in [1.807, 2.05) is 0 Å². The Labute approximate surface area is 86.3 Å². The van der Waals surface area contributed by atoms with E-state index in [-0.39, 0.29) is 5.69 Å². The van der Waals surface area contributed by atoms with Gasteiger partial charge in [-0.2, -0.15) is 0 Å². The van der Waals surface area contributed by atoms with Crippen LogP contribution in [-0.4, -0.2) is 21.0 Å². The smallest absolute Gasteiger partial charge is 0.269 e. The average Bonchev–Trinajstić information content (AvgIpc) is 2.14. The fourth-order valence-electron chi connectivity index (χ4n) is 0.912. The predicted octanol–water partition coefficient (Wildman–Crippen LogP) is 0.353. The van der Waals surface area contributed by atoms with Gasteiger partial charge in [-0.25, -0.2) is 0 Å². The lowest BCUT2D eigenvalue weighted by Crippen LogP contribution is -2.40. The molecule has 0 saturated heterocycles. The van der Waals surface area contributed by atoms with Crippen LogP contribution in [0.4, 0.5) is 5.69 Å². The SMILES string of the molecule is CC(O)(O)N[CH]c1ccc([N+](=O)[O-])cc1. The molecule has 0 spiro atoms. The van der Waals surface area contributed by atoms with Crippen molar-refractivity contribution in [3.63, 3.8) is 0 Å². The molecular weight excluding hydrogens is 200 g/mol. The molecule has 0 amide bonds. The summed E-state index contributed by atoms with van der Waals surface area (Å²) >= 11 is 0. The molecule has 0 heterocycles. The lowest BCUT2D eigenvalue weighted by atomic mass is 10.2. The molecule has 6 nitrogen and oxygen atoms in total. The first-order valence-corrected chi connectivity index (χ1v) is 4.18. The largest absolute Gasteiger partial charge is 0.354 e. The molecule has 1 aromatic carbocycles. The van der Waals surface area contributed by atoms with E-state index in [4.69, 9.17) is 10.2 Å². The van der Waals surface area contributed by atoms with E-state index >= 15 is 0 Å². The maximum absolute atomic E-state index is 10.3. The van der Waals surface area contributed by atoms with Gasteiger partial charge in [-0.15, -0.1) is 0 Å². The van der Waals surface area contributed by atoms with Crippen molar-refractivity contribution in [3.8, 4) is 0 Å². The summed E-state index contributed by atoms with van der Waals surface area (Å²) in [6.07, 6.45) is 0. The minimum atomic E-state index is -2.00. The second-order valence-electron chi connectivity index (χ2n) is 3.16. The number of non-ortho nitro benzene ring substituents is 1. The number of nitrogens with zero attached hydrogens (tertiary/aromatic N) is 1. The van der Waals surface area contributed by atoms with E-state index in [2.05, 4.69) is 5.32 Å². The van der Waals surface area contributed by atoms with Gasteiger partial charge in [-0.05, 0) is 5.56 Å². The molecule has 0 bridgehead atoms. The summed E-state index contributed by atoms with van der Waals surface area (Å²) in [6.45, 7) is 2.51. The average molecular weight is 211 g/mol. The molecule has 0 unspecified atom stereocenters. The molecule has 6 heteroatoms. The molecule has 1 aromatic rings. The molecule has 1 rings (SSSR count). The highest BCUT2D eigenvalue weighted by molar-refractivity contribution is 5.35. The third-order valence-corrected chi connectivity index (χ3v) is 1.62. The Morgan fingerprint density at radius 2 is 1.93 bits per heavy atom. The van der Waals surface area contributed by atoms with Crippen molar-refractivity contribution in [1.82, 2.24) is 5.32 Å². The lowest BCUT2D eigenvalue weighted by Gasteiger charge is -2.16. The standard InChI is InChI=1S/C9H11N2O4/c1-9(12,13)10-6-7-2-4-8(5-3-7)11(14)15/h2-6,10,12-13H,1H3. The highest BCUT2D eigenvalue weighted by Crippen LogP contribution is 2.12. The minimum Gasteiger partial charge on any atom is -0.354 e. The van der Waals surface area contributed by atoms with Crippen LogP contribution in [0.2, 0.25) is 0 Å². The zero-order valence-electron chi connectivity index (χ0n) is 8.04. The number of hydrogen-bond donors (Lipinski definition) is 3.